The Balaban J connectivity index is 1.65. The molecule has 2 aliphatic rings. The summed E-state index contributed by atoms with van der Waals surface area (Å²) < 4.78 is 0. The highest BCUT2D eigenvalue weighted by Crippen LogP contribution is 2.24. The van der Waals surface area contributed by atoms with Gasteiger partial charge in [-0.2, -0.15) is 0 Å². The van der Waals surface area contributed by atoms with Gasteiger partial charge in [-0.25, -0.2) is 4.79 Å². The van der Waals surface area contributed by atoms with Crippen molar-refractivity contribution in [3.8, 4) is 0 Å². The van der Waals surface area contributed by atoms with Gasteiger partial charge in [0.1, 0.15) is 0 Å². The Morgan fingerprint density at radius 1 is 1.21 bits per heavy atom. The van der Waals surface area contributed by atoms with Crippen LogP contribution in [0.15, 0.2) is 24.3 Å². The van der Waals surface area contributed by atoms with Gasteiger partial charge in [-0.15, -0.1) is 0 Å². The zero-order valence-electron chi connectivity index (χ0n) is 13.4. The Bertz CT molecular complexity index is 661. The number of carbonyl (C=O) groups is 3. The highest BCUT2D eigenvalue weighted by Gasteiger charge is 2.31. The van der Waals surface area contributed by atoms with E-state index in [-0.39, 0.29) is 18.5 Å². The van der Waals surface area contributed by atoms with E-state index in [4.69, 9.17) is 5.11 Å². The molecule has 1 aromatic rings. The van der Waals surface area contributed by atoms with Crippen molar-refractivity contribution in [2.24, 2.45) is 5.92 Å². The Labute approximate surface area is 140 Å². The van der Waals surface area contributed by atoms with Crippen molar-refractivity contribution in [3.05, 3.63) is 24.3 Å². The van der Waals surface area contributed by atoms with Crippen LogP contribution in [0.4, 0.5) is 16.2 Å². The molecule has 7 nitrogen and oxygen atoms in total. The van der Waals surface area contributed by atoms with Crippen molar-refractivity contribution in [1.29, 1.82) is 0 Å². The topological polar surface area (TPSA) is 89.9 Å². The quantitative estimate of drug-likeness (QED) is 0.888. The Morgan fingerprint density at radius 3 is 2.75 bits per heavy atom. The molecule has 3 amide bonds. The number of rotatable bonds is 3. The molecule has 1 atom stereocenters. The van der Waals surface area contributed by atoms with Crippen LogP contribution in [-0.2, 0) is 9.59 Å². The minimum atomic E-state index is -0.865. The molecule has 0 bridgehead atoms. The monoisotopic (exact) mass is 331 g/mol. The summed E-state index contributed by atoms with van der Waals surface area (Å²) in [6.45, 7) is 1.36. The molecule has 0 saturated carbocycles. The molecule has 0 radical (unpaired) electrons. The molecule has 2 heterocycles. The van der Waals surface area contributed by atoms with Crippen LogP contribution in [-0.4, -0.2) is 47.5 Å². The second-order valence-corrected chi connectivity index (χ2v) is 6.25. The third-order valence-corrected chi connectivity index (χ3v) is 4.56. The zero-order valence-corrected chi connectivity index (χ0v) is 13.4. The van der Waals surface area contributed by atoms with Gasteiger partial charge in [-0.1, -0.05) is 6.07 Å². The highest BCUT2D eigenvalue weighted by molar-refractivity contribution is 5.96. The number of nitrogens with zero attached hydrogens (tertiary/aromatic N) is 2. The number of benzene rings is 1. The maximum Gasteiger partial charge on any atom is 0.321 e. The maximum absolute atomic E-state index is 12.3. The minimum absolute atomic E-state index is 0.105. The Hall–Kier alpha value is -2.57. The molecule has 0 spiro atoms. The predicted octanol–water partition coefficient (Wildman–Crippen LogP) is 2.14. The first-order valence-corrected chi connectivity index (χ1v) is 8.24. The maximum atomic E-state index is 12.3. The standard InChI is InChI=1S/C17H21N3O4/c21-15-6-1-2-8-20(15)14-5-3-4-13(10-14)18-17(24)19-9-7-12(11-19)16(22)23/h3-5,10,12H,1-2,6-9,11H2,(H,18,24)(H,22,23). The molecule has 3 rings (SSSR count). The lowest BCUT2D eigenvalue weighted by molar-refractivity contribution is -0.141. The molecule has 1 aromatic carbocycles. The summed E-state index contributed by atoms with van der Waals surface area (Å²) in [5.41, 5.74) is 1.39. The number of nitrogens with one attached hydrogen (secondary N) is 1. The number of anilines is 2. The van der Waals surface area contributed by atoms with E-state index in [2.05, 4.69) is 5.32 Å². The molecule has 24 heavy (non-hydrogen) atoms. The average molecular weight is 331 g/mol. The number of aliphatic carboxylic acids is 1. The number of likely N-dealkylation sites (tertiary alicyclic amines) is 1. The lowest BCUT2D eigenvalue weighted by Gasteiger charge is -2.27. The number of carboxylic acids is 1. The number of urea groups is 1. The van der Waals surface area contributed by atoms with Crippen LogP contribution >= 0.6 is 0 Å². The molecule has 0 aliphatic carbocycles. The van der Waals surface area contributed by atoms with Gasteiger partial charge in [0.15, 0.2) is 0 Å². The summed E-state index contributed by atoms with van der Waals surface area (Å²) >= 11 is 0. The summed E-state index contributed by atoms with van der Waals surface area (Å²) in [7, 11) is 0. The lowest BCUT2D eigenvalue weighted by Crippen LogP contribution is -2.35. The molecular weight excluding hydrogens is 310 g/mol. The van der Waals surface area contributed by atoms with Crippen molar-refractivity contribution in [2.45, 2.75) is 25.7 Å². The van der Waals surface area contributed by atoms with Gasteiger partial charge in [-0.05, 0) is 37.5 Å². The summed E-state index contributed by atoms with van der Waals surface area (Å²) in [6.07, 6.45) is 2.93. The van der Waals surface area contributed by atoms with Crippen molar-refractivity contribution in [1.82, 2.24) is 4.90 Å². The van der Waals surface area contributed by atoms with Crippen LogP contribution in [0.25, 0.3) is 0 Å². The number of hydrogen-bond acceptors (Lipinski definition) is 3. The molecule has 2 saturated heterocycles. The Kier molecular flexibility index (Phi) is 4.69. The molecular formula is C17H21N3O4. The van der Waals surface area contributed by atoms with Gasteiger partial charge in [0.05, 0.1) is 5.92 Å². The van der Waals surface area contributed by atoms with E-state index in [0.717, 1.165) is 18.5 Å². The van der Waals surface area contributed by atoms with Crippen molar-refractivity contribution < 1.29 is 19.5 Å². The number of carboxylic acid groups (broad SMARTS) is 1. The van der Waals surface area contributed by atoms with Crippen LogP contribution in [0.1, 0.15) is 25.7 Å². The summed E-state index contributed by atoms with van der Waals surface area (Å²) in [5.74, 6) is -1.25. The zero-order chi connectivity index (χ0) is 17.1. The lowest BCUT2D eigenvalue weighted by atomic mass is 10.1. The SMILES string of the molecule is O=C(O)C1CCN(C(=O)Nc2cccc(N3CCCCC3=O)c2)C1. The number of piperidine rings is 1. The third-order valence-electron chi connectivity index (χ3n) is 4.56. The van der Waals surface area contributed by atoms with Crippen LogP contribution < -0.4 is 10.2 Å². The van der Waals surface area contributed by atoms with Crippen LogP contribution in [0.2, 0.25) is 0 Å². The molecule has 128 valence electrons. The van der Waals surface area contributed by atoms with E-state index >= 15 is 0 Å². The van der Waals surface area contributed by atoms with E-state index in [1.807, 2.05) is 6.07 Å². The van der Waals surface area contributed by atoms with Gasteiger partial charge < -0.3 is 20.2 Å². The van der Waals surface area contributed by atoms with E-state index in [1.165, 1.54) is 4.90 Å². The van der Waals surface area contributed by atoms with E-state index in [0.29, 0.717) is 31.6 Å². The fourth-order valence-electron chi connectivity index (χ4n) is 3.18. The second kappa shape index (κ2) is 6.90. The first kappa shape index (κ1) is 16.3. The van der Waals surface area contributed by atoms with Gasteiger partial charge in [0.25, 0.3) is 0 Å². The largest absolute Gasteiger partial charge is 0.481 e. The first-order chi connectivity index (χ1) is 11.5. The number of hydrogen-bond donors (Lipinski definition) is 2. The van der Waals surface area contributed by atoms with Crippen LogP contribution in [0.3, 0.4) is 0 Å². The van der Waals surface area contributed by atoms with E-state index < -0.39 is 11.9 Å². The van der Waals surface area contributed by atoms with Gasteiger partial charge in [-0.3, -0.25) is 9.59 Å². The van der Waals surface area contributed by atoms with Crippen molar-refractivity contribution in [3.63, 3.8) is 0 Å². The van der Waals surface area contributed by atoms with Crippen LogP contribution in [0.5, 0.6) is 0 Å². The normalized spacial score (nSPS) is 21.0. The van der Waals surface area contributed by atoms with Crippen molar-refractivity contribution >= 4 is 29.3 Å². The number of amides is 3. The average Bonchev–Trinajstić information content (AvgIpc) is 3.06. The van der Waals surface area contributed by atoms with Crippen LogP contribution in [0, 0.1) is 5.92 Å². The minimum Gasteiger partial charge on any atom is -0.481 e. The van der Waals surface area contributed by atoms with Gasteiger partial charge in [0, 0.05) is 37.4 Å². The van der Waals surface area contributed by atoms with Gasteiger partial charge in [0.2, 0.25) is 5.91 Å². The molecule has 2 N–H and O–H groups in total. The number of carbonyl (C=O) groups excluding carboxylic acids is 2. The van der Waals surface area contributed by atoms with Crippen molar-refractivity contribution in [2.75, 3.05) is 29.9 Å². The fraction of sp³-hybridized carbons (Fsp3) is 0.471. The second-order valence-electron chi connectivity index (χ2n) is 6.25. The predicted molar refractivity (Wildman–Crippen MR) is 89.0 cm³/mol. The Morgan fingerprint density at radius 2 is 2.04 bits per heavy atom. The molecule has 2 aliphatic heterocycles. The molecule has 7 heteroatoms. The van der Waals surface area contributed by atoms with Gasteiger partial charge >= 0.3 is 12.0 Å². The fourth-order valence-corrected chi connectivity index (χ4v) is 3.18. The first-order valence-electron chi connectivity index (χ1n) is 8.24. The smallest absolute Gasteiger partial charge is 0.321 e. The summed E-state index contributed by atoms with van der Waals surface area (Å²) in [4.78, 5) is 38.5. The molecule has 1 unspecified atom stereocenters. The molecule has 0 aromatic heterocycles. The highest BCUT2D eigenvalue weighted by atomic mass is 16.4. The summed E-state index contributed by atoms with van der Waals surface area (Å²) in [5, 5.41) is 11.8. The molecule has 2 fully saturated rings. The van der Waals surface area contributed by atoms with E-state index in [9.17, 15) is 14.4 Å². The third kappa shape index (κ3) is 3.50. The van der Waals surface area contributed by atoms with E-state index in [1.54, 1.807) is 23.1 Å². The summed E-state index contributed by atoms with van der Waals surface area (Å²) in [6, 6.07) is 6.90.